The highest BCUT2D eigenvalue weighted by Gasteiger charge is 2.24. The number of aromatic amines is 1. The number of anilines is 1. The van der Waals surface area contributed by atoms with Crippen molar-refractivity contribution in [1.82, 2.24) is 20.3 Å². The van der Waals surface area contributed by atoms with Crippen molar-refractivity contribution in [1.29, 1.82) is 0 Å². The molecule has 0 aliphatic rings. The van der Waals surface area contributed by atoms with Crippen LogP contribution in [-0.4, -0.2) is 39.1 Å². The van der Waals surface area contributed by atoms with E-state index in [4.69, 9.17) is 4.74 Å². The number of H-pyrrole nitrogens is 1. The lowest BCUT2D eigenvalue weighted by Crippen LogP contribution is -2.37. The van der Waals surface area contributed by atoms with Crippen molar-refractivity contribution in [2.75, 3.05) is 11.9 Å². The number of benzene rings is 1. The summed E-state index contributed by atoms with van der Waals surface area (Å²) in [6.45, 7) is 5.42. The minimum Gasteiger partial charge on any atom is -0.444 e. The van der Waals surface area contributed by atoms with Crippen LogP contribution in [0.3, 0.4) is 0 Å². The monoisotopic (exact) mass is 459 g/mol. The molecule has 2 heterocycles. The van der Waals surface area contributed by atoms with E-state index in [0.717, 1.165) is 10.0 Å². The molecular formula is C20H22BrN5O3. The summed E-state index contributed by atoms with van der Waals surface area (Å²) in [5, 5.41) is 5.51. The zero-order chi connectivity index (χ0) is 21.0. The average Bonchev–Trinajstić information content (AvgIpc) is 3.03. The molecule has 8 nitrogen and oxygen atoms in total. The number of nitrogens with one attached hydrogen (secondary N) is 3. The van der Waals surface area contributed by atoms with E-state index < -0.39 is 17.6 Å². The second kappa shape index (κ2) is 8.60. The Bertz CT molecular complexity index is 1010. The van der Waals surface area contributed by atoms with Crippen molar-refractivity contribution in [2.24, 2.45) is 0 Å². The van der Waals surface area contributed by atoms with Crippen molar-refractivity contribution in [2.45, 2.75) is 32.3 Å². The fourth-order valence-electron chi connectivity index (χ4n) is 2.75. The van der Waals surface area contributed by atoms with Crippen LogP contribution in [0.4, 0.5) is 10.6 Å². The van der Waals surface area contributed by atoms with Crippen LogP contribution in [0, 0.1) is 0 Å². The van der Waals surface area contributed by atoms with E-state index in [1.54, 1.807) is 27.0 Å². The third kappa shape index (κ3) is 5.32. The number of aromatic nitrogens is 3. The predicted molar refractivity (Wildman–Crippen MR) is 114 cm³/mol. The van der Waals surface area contributed by atoms with E-state index in [-0.39, 0.29) is 12.5 Å². The lowest BCUT2D eigenvalue weighted by atomic mass is 9.98. The topological polar surface area (TPSA) is 109 Å². The summed E-state index contributed by atoms with van der Waals surface area (Å²) in [6.07, 6.45) is 2.53. The highest BCUT2D eigenvalue weighted by atomic mass is 79.9. The first-order chi connectivity index (χ1) is 13.7. The summed E-state index contributed by atoms with van der Waals surface area (Å²) in [4.78, 5) is 36.5. The maximum Gasteiger partial charge on any atom is 0.407 e. The van der Waals surface area contributed by atoms with Gasteiger partial charge in [0.25, 0.3) is 0 Å². The van der Waals surface area contributed by atoms with E-state index in [9.17, 15) is 9.59 Å². The minimum absolute atomic E-state index is 0.0768. The van der Waals surface area contributed by atoms with Gasteiger partial charge < -0.3 is 20.4 Å². The van der Waals surface area contributed by atoms with Crippen molar-refractivity contribution in [3.8, 4) is 0 Å². The Labute approximate surface area is 176 Å². The largest absolute Gasteiger partial charge is 0.444 e. The molecule has 0 spiro atoms. The van der Waals surface area contributed by atoms with Crippen molar-refractivity contribution in [3.63, 3.8) is 0 Å². The first kappa shape index (κ1) is 20.8. The summed E-state index contributed by atoms with van der Waals surface area (Å²) < 4.78 is 6.04. The fraction of sp³-hybridized carbons (Fsp3) is 0.300. The van der Waals surface area contributed by atoms with Gasteiger partial charge in [0.15, 0.2) is 5.82 Å². The molecule has 0 fully saturated rings. The van der Waals surface area contributed by atoms with E-state index >= 15 is 0 Å². The van der Waals surface area contributed by atoms with Gasteiger partial charge in [0.05, 0.1) is 10.4 Å². The Hall–Kier alpha value is -2.94. The summed E-state index contributed by atoms with van der Waals surface area (Å²) in [5.41, 5.74) is 1.42. The molecule has 9 heteroatoms. The Morgan fingerprint density at radius 3 is 2.62 bits per heavy atom. The number of rotatable bonds is 5. The zero-order valence-corrected chi connectivity index (χ0v) is 17.9. The molecule has 0 saturated heterocycles. The maximum absolute atomic E-state index is 13.1. The standard InChI is InChI=1S/C20H22BrN5O3/c1-20(2,3)29-19(28)23-9-13(12-7-5-4-6-8-12)18(27)26-17-16-15(24-11-25-17)14(21)10-22-16/h4-8,10-11,13,22H,9H2,1-3H3,(H,23,28)(H,24,25,26,27)/t13-/m1/s1. The van der Waals surface area contributed by atoms with E-state index in [2.05, 4.69) is 41.5 Å². The van der Waals surface area contributed by atoms with Gasteiger partial charge in [-0.25, -0.2) is 14.8 Å². The molecule has 3 aromatic rings. The summed E-state index contributed by atoms with van der Waals surface area (Å²) in [6, 6.07) is 9.22. The van der Waals surface area contributed by atoms with Crippen LogP contribution in [0.5, 0.6) is 0 Å². The molecule has 0 saturated carbocycles. The second-order valence-corrected chi connectivity index (χ2v) is 8.27. The Morgan fingerprint density at radius 2 is 1.93 bits per heavy atom. The molecule has 0 unspecified atom stereocenters. The zero-order valence-electron chi connectivity index (χ0n) is 16.3. The molecule has 3 rings (SSSR count). The van der Waals surface area contributed by atoms with Crippen molar-refractivity contribution < 1.29 is 14.3 Å². The van der Waals surface area contributed by atoms with Crippen LogP contribution < -0.4 is 10.6 Å². The number of hydrogen-bond donors (Lipinski definition) is 3. The lowest BCUT2D eigenvalue weighted by Gasteiger charge is -2.22. The third-order valence-electron chi connectivity index (χ3n) is 4.03. The van der Waals surface area contributed by atoms with Crippen LogP contribution in [-0.2, 0) is 9.53 Å². The summed E-state index contributed by atoms with van der Waals surface area (Å²) in [7, 11) is 0. The van der Waals surface area contributed by atoms with Crippen LogP contribution in [0.2, 0.25) is 0 Å². The molecular weight excluding hydrogens is 438 g/mol. The van der Waals surface area contributed by atoms with Crippen molar-refractivity contribution >= 4 is 44.8 Å². The fourth-order valence-corrected chi connectivity index (χ4v) is 3.17. The van der Waals surface area contributed by atoms with Gasteiger partial charge in [0.1, 0.15) is 23.0 Å². The molecule has 0 radical (unpaired) electrons. The molecule has 0 aliphatic carbocycles. The molecule has 2 aromatic heterocycles. The highest BCUT2D eigenvalue weighted by Crippen LogP contribution is 2.26. The number of alkyl carbamates (subject to hydrolysis) is 1. The van der Waals surface area contributed by atoms with Crippen LogP contribution in [0.1, 0.15) is 32.3 Å². The van der Waals surface area contributed by atoms with Gasteiger partial charge in [-0.05, 0) is 42.3 Å². The number of fused-ring (bicyclic) bond motifs is 1. The SMILES string of the molecule is CC(C)(C)OC(=O)NC[C@@H](C(=O)Nc1ncnc2c(Br)c[nH]c12)c1ccccc1. The maximum atomic E-state index is 13.1. The number of halogens is 1. The van der Waals surface area contributed by atoms with Crippen LogP contribution >= 0.6 is 15.9 Å². The van der Waals surface area contributed by atoms with E-state index in [1.165, 1.54) is 6.33 Å². The summed E-state index contributed by atoms with van der Waals surface area (Å²) in [5.74, 6) is -0.575. The third-order valence-corrected chi connectivity index (χ3v) is 4.63. The Kier molecular flexibility index (Phi) is 6.17. The number of nitrogens with zero attached hydrogens (tertiary/aromatic N) is 2. The van der Waals surface area contributed by atoms with Gasteiger partial charge in [0.2, 0.25) is 5.91 Å². The number of carbonyl (C=O) groups is 2. The number of amides is 2. The molecule has 29 heavy (non-hydrogen) atoms. The molecule has 0 bridgehead atoms. The van der Waals surface area contributed by atoms with Crippen LogP contribution in [0.15, 0.2) is 47.3 Å². The quantitative estimate of drug-likeness (QED) is 0.534. The highest BCUT2D eigenvalue weighted by molar-refractivity contribution is 9.10. The Balaban J connectivity index is 1.80. The van der Waals surface area contributed by atoms with E-state index in [1.807, 2.05) is 30.3 Å². The number of carbonyl (C=O) groups excluding carboxylic acids is 2. The lowest BCUT2D eigenvalue weighted by molar-refractivity contribution is -0.117. The van der Waals surface area contributed by atoms with E-state index in [0.29, 0.717) is 16.9 Å². The average molecular weight is 460 g/mol. The number of hydrogen-bond acceptors (Lipinski definition) is 5. The Morgan fingerprint density at radius 1 is 1.21 bits per heavy atom. The van der Waals surface area contributed by atoms with Crippen molar-refractivity contribution in [3.05, 3.63) is 52.9 Å². The molecule has 3 N–H and O–H groups in total. The first-order valence-electron chi connectivity index (χ1n) is 9.05. The van der Waals surface area contributed by atoms with Gasteiger partial charge in [-0.2, -0.15) is 0 Å². The van der Waals surface area contributed by atoms with Gasteiger partial charge in [0, 0.05) is 12.7 Å². The molecule has 2 amide bonds. The smallest absolute Gasteiger partial charge is 0.407 e. The minimum atomic E-state index is -0.632. The molecule has 1 atom stereocenters. The predicted octanol–water partition coefficient (Wildman–Crippen LogP) is 3.97. The molecule has 0 aliphatic heterocycles. The molecule has 152 valence electrons. The van der Waals surface area contributed by atoms with Crippen LogP contribution in [0.25, 0.3) is 11.0 Å². The second-order valence-electron chi connectivity index (χ2n) is 7.42. The number of ether oxygens (including phenoxy) is 1. The van der Waals surface area contributed by atoms with Gasteiger partial charge in [-0.1, -0.05) is 30.3 Å². The summed E-state index contributed by atoms with van der Waals surface area (Å²) >= 11 is 3.40. The van der Waals surface area contributed by atoms with Gasteiger partial charge in [-0.3, -0.25) is 4.79 Å². The molecule has 1 aromatic carbocycles. The normalized spacial score (nSPS) is 12.4. The van der Waals surface area contributed by atoms with Gasteiger partial charge in [-0.15, -0.1) is 0 Å². The first-order valence-corrected chi connectivity index (χ1v) is 9.84. The van der Waals surface area contributed by atoms with Gasteiger partial charge >= 0.3 is 6.09 Å².